The monoisotopic (exact) mass is 467 g/mol. The van der Waals surface area contributed by atoms with Crippen LogP contribution in [0.3, 0.4) is 0 Å². The van der Waals surface area contributed by atoms with Gasteiger partial charge in [-0.3, -0.25) is 14.4 Å². The van der Waals surface area contributed by atoms with Crippen molar-refractivity contribution in [1.29, 1.82) is 0 Å². The normalized spacial score (nSPS) is 14.0. The number of carboxylic acids is 1. The SMILES string of the molecule is CC(CC(=O)O)c1ccc(-c2cccc(-n3cc(C(=O)NC4CC4)c(=O)c4cccnc43)c2)cc1. The molecule has 1 amide bonds. The van der Waals surface area contributed by atoms with E-state index in [1.165, 1.54) is 0 Å². The summed E-state index contributed by atoms with van der Waals surface area (Å²) in [5.74, 6) is -1.26. The zero-order chi connectivity index (χ0) is 24.5. The van der Waals surface area contributed by atoms with Gasteiger partial charge in [-0.15, -0.1) is 0 Å². The third-order valence-electron chi connectivity index (χ3n) is 6.34. The van der Waals surface area contributed by atoms with Crippen molar-refractivity contribution < 1.29 is 14.7 Å². The summed E-state index contributed by atoms with van der Waals surface area (Å²) in [4.78, 5) is 41.3. The molecule has 2 N–H and O–H groups in total. The molecule has 0 radical (unpaired) electrons. The van der Waals surface area contributed by atoms with Crippen molar-refractivity contribution in [3.8, 4) is 16.8 Å². The number of pyridine rings is 2. The van der Waals surface area contributed by atoms with Crippen molar-refractivity contribution in [2.24, 2.45) is 0 Å². The van der Waals surface area contributed by atoms with Gasteiger partial charge in [0.1, 0.15) is 11.2 Å². The number of carbonyl (C=O) groups is 2. The Balaban J connectivity index is 1.55. The van der Waals surface area contributed by atoms with E-state index in [0.29, 0.717) is 11.0 Å². The molecule has 1 fully saturated rings. The molecule has 1 atom stereocenters. The van der Waals surface area contributed by atoms with Gasteiger partial charge in [-0.05, 0) is 59.7 Å². The van der Waals surface area contributed by atoms with Gasteiger partial charge in [-0.25, -0.2) is 4.98 Å². The Hall–Kier alpha value is -4.26. The predicted octanol–water partition coefficient (Wildman–Crippen LogP) is 4.52. The fourth-order valence-corrected chi connectivity index (χ4v) is 4.23. The van der Waals surface area contributed by atoms with Crippen molar-refractivity contribution in [3.63, 3.8) is 0 Å². The summed E-state index contributed by atoms with van der Waals surface area (Å²) >= 11 is 0. The number of fused-ring (bicyclic) bond motifs is 1. The number of carbonyl (C=O) groups excluding carboxylic acids is 1. The second-order valence-electron chi connectivity index (χ2n) is 9.04. The van der Waals surface area contributed by atoms with Crippen molar-refractivity contribution in [2.75, 3.05) is 0 Å². The van der Waals surface area contributed by atoms with Crippen molar-refractivity contribution in [1.82, 2.24) is 14.9 Å². The lowest BCUT2D eigenvalue weighted by atomic mass is 9.95. The summed E-state index contributed by atoms with van der Waals surface area (Å²) in [7, 11) is 0. The smallest absolute Gasteiger partial charge is 0.303 e. The first-order valence-electron chi connectivity index (χ1n) is 11.6. The van der Waals surface area contributed by atoms with Crippen molar-refractivity contribution in [2.45, 2.75) is 38.1 Å². The minimum absolute atomic E-state index is 0.0771. The topological polar surface area (TPSA) is 101 Å². The van der Waals surface area contributed by atoms with Crippen molar-refractivity contribution in [3.05, 3.63) is 94.4 Å². The number of carboxylic acid groups (broad SMARTS) is 1. The van der Waals surface area contributed by atoms with Crippen LogP contribution in [0.4, 0.5) is 0 Å². The van der Waals surface area contributed by atoms with E-state index in [1.807, 2.05) is 55.5 Å². The molecule has 2 heterocycles. The molecule has 2 aromatic carbocycles. The maximum absolute atomic E-state index is 13.0. The zero-order valence-corrected chi connectivity index (χ0v) is 19.3. The van der Waals surface area contributed by atoms with E-state index in [1.54, 1.807) is 29.1 Å². The van der Waals surface area contributed by atoms with Gasteiger partial charge in [0.15, 0.2) is 0 Å². The minimum Gasteiger partial charge on any atom is -0.481 e. The Kier molecular flexibility index (Phi) is 5.91. The molecular weight excluding hydrogens is 442 g/mol. The van der Waals surface area contributed by atoms with Gasteiger partial charge in [0.25, 0.3) is 5.91 Å². The van der Waals surface area contributed by atoms with Crippen LogP contribution in [0.15, 0.2) is 77.9 Å². The summed E-state index contributed by atoms with van der Waals surface area (Å²) in [5.41, 5.74) is 3.92. The molecule has 0 aliphatic heterocycles. The van der Waals surface area contributed by atoms with Gasteiger partial charge >= 0.3 is 5.97 Å². The van der Waals surface area contributed by atoms with Gasteiger partial charge < -0.3 is 15.0 Å². The number of nitrogens with zero attached hydrogens (tertiary/aromatic N) is 2. The molecule has 0 saturated heterocycles. The Morgan fingerprint density at radius 2 is 1.86 bits per heavy atom. The average Bonchev–Trinajstić information content (AvgIpc) is 3.68. The Morgan fingerprint density at radius 1 is 1.09 bits per heavy atom. The maximum atomic E-state index is 13.0. The van der Waals surface area contributed by atoms with Crippen LogP contribution in [-0.2, 0) is 4.79 Å². The molecule has 4 aromatic rings. The van der Waals surface area contributed by atoms with E-state index < -0.39 is 5.97 Å². The number of benzene rings is 2. The van der Waals surface area contributed by atoms with Gasteiger partial charge in [0.05, 0.1) is 11.8 Å². The lowest BCUT2D eigenvalue weighted by Crippen LogP contribution is -2.31. The van der Waals surface area contributed by atoms with E-state index in [4.69, 9.17) is 5.11 Å². The van der Waals surface area contributed by atoms with E-state index >= 15 is 0 Å². The molecule has 5 rings (SSSR count). The molecule has 1 aliphatic carbocycles. The van der Waals surface area contributed by atoms with Crippen LogP contribution < -0.4 is 10.7 Å². The van der Waals surface area contributed by atoms with Crippen LogP contribution >= 0.6 is 0 Å². The van der Waals surface area contributed by atoms with Crippen LogP contribution in [0, 0.1) is 0 Å². The number of nitrogens with one attached hydrogen (secondary N) is 1. The first kappa shape index (κ1) is 22.5. The first-order chi connectivity index (χ1) is 16.9. The summed E-state index contributed by atoms with van der Waals surface area (Å²) in [6.45, 7) is 1.90. The summed E-state index contributed by atoms with van der Waals surface area (Å²) in [5, 5.41) is 12.4. The molecule has 1 unspecified atom stereocenters. The van der Waals surface area contributed by atoms with Gasteiger partial charge in [0, 0.05) is 24.1 Å². The third kappa shape index (κ3) is 4.71. The van der Waals surface area contributed by atoms with Crippen LogP contribution in [0.5, 0.6) is 0 Å². The lowest BCUT2D eigenvalue weighted by Gasteiger charge is -2.14. The Bertz CT molecular complexity index is 1490. The summed E-state index contributed by atoms with van der Waals surface area (Å²) in [6.07, 6.45) is 5.15. The molecule has 35 heavy (non-hydrogen) atoms. The van der Waals surface area contributed by atoms with E-state index in [2.05, 4.69) is 10.3 Å². The Morgan fingerprint density at radius 3 is 2.57 bits per heavy atom. The number of hydrogen-bond donors (Lipinski definition) is 2. The standard InChI is InChI=1S/C28H25N3O4/c1-17(14-25(32)33)18-7-9-19(10-8-18)20-4-2-5-22(15-20)31-16-24(28(35)30-21-11-12-21)26(34)23-6-3-13-29-27(23)31/h2-10,13,15-17,21H,11-12,14H2,1H3,(H,30,35)(H,32,33). The Labute approximate surface area is 202 Å². The fraction of sp³-hybridized carbons (Fsp3) is 0.214. The summed E-state index contributed by atoms with van der Waals surface area (Å²) < 4.78 is 1.78. The molecule has 0 spiro atoms. The highest BCUT2D eigenvalue weighted by atomic mass is 16.4. The number of aromatic nitrogens is 2. The summed E-state index contributed by atoms with van der Waals surface area (Å²) in [6, 6.07) is 19.2. The van der Waals surface area contributed by atoms with Gasteiger partial charge in [-0.2, -0.15) is 0 Å². The fourth-order valence-electron chi connectivity index (χ4n) is 4.23. The molecular formula is C28H25N3O4. The molecule has 7 heteroatoms. The number of rotatable bonds is 7. The molecule has 7 nitrogen and oxygen atoms in total. The van der Waals surface area contributed by atoms with Crippen LogP contribution in [0.25, 0.3) is 27.8 Å². The van der Waals surface area contributed by atoms with Gasteiger partial charge in [0.2, 0.25) is 5.43 Å². The molecule has 1 saturated carbocycles. The predicted molar refractivity (Wildman–Crippen MR) is 134 cm³/mol. The number of hydrogen-bond acceptors (Lipinski definition) is 4. The largest absolute Gasteiger partial charge is 0.481 e. The highest BCUT2D eigenvalue weighted by Crippen LogP contribution is 2.27. The molecule has 2 aromatic heterocycles. The quantitative estimate of drug-likeness (QED) is 0.416. The molecule has 1 aliphatic rings. The molecule has 0 bridgehead atoms. The minimum atomic E-state index is -0.818. The zero-order valence-electron chi connectivity index (χ0n) is 19.3. The van der Waals surface area contributed by atoms with Crippen molar-refractivity contribution >= 4 is 22.9 Å². The average molecular weight is 468 g/mol. The first-order valence-corrected chi connectivity index (χ1v) is 11.6. The van der Waals surface area contributed by atoms with Gasteiger partial charge in [-0.1, -0.05) is 43.3 Å². The number of aliphatic carboxylic acids is 1. The highest BCUT2D eigenvalue weighted by Gasteiger charge is 2.26. The van der Waals surface area contributed by atoms with Crippen LogP contribution in [0.1, 0.15) is 48.0 Å². The van der Waals surface area contributed by atoms with E-state index in [-0.39, 0.29) is 35.3 Å². The number of amides is 1. The lowest BCUT2D eigenvalue weighted by molar-refractivity contribution is -0.137. The van der Waals surface area contributed by atoms with Crippen LogP contribution in [-0.4, -0.2) is 32.6 Å². The molecule has 176 valence electrons. The van der Waals surface area contributed by atoms with E-state index in [0.717, 1.165) is 35.2 Å². The second kappa shape index (κ2) is 9.18. The van der Waals surface area contributed by atoms with E-state index in [9.17, 15) is 14.4 Å². The third-order valence-corrected chi connectivity index (χ3v) is 6.34. The second-order valence-corrected chi connectivity index (χ2v) is 9.04. The van der Waals surface area contributed by atoms with Crippen LogP contribution in [0.2, 0.25) is 0 Å². The highest BCUT2D eigenvalue weighted by molar-refractivity contribution is 5.97. The maximum Gasteiger partial charge on any atom is 0.303 e.